The van der Waals surface area contributed by atoms with Crippen LogP contribution in [0.4, 0.5) is 0 Å². The van der Waals surface area contributed by atoms with Gasteiger partial charge in [0.1, 0.15) is 0 Å². The van der Waals surface area contributed by atoms with Gasteiger partial charge in [-0.3, -0.25) is 0 Å². The van der Waals surface area contributed by atoms with E-state index in [0.29, 0.717) is 0 Å². The molecule has 2 aromatic carbocycles. The van der Waals surface area contributed by atoms with Gasteiger partial charge < -0.3 is 4.43 Å². The Morgan fingerprint density at radius 3 is 1.68 bits per heavy atom. The van der Waals surface area contributed by atoms with Gasteiger partial charge in [-0.1, -0.05) is 94.1 Å². The van der Waals surface area contributed by atoms with Gasteiger partial charge in [-0.15, -0.1) is 0 Å². The zero-order chi connectivity index (χ0) is 16.1. The van der Waals surface area contributed by atoms with E-state index in [9.17, 15) is 0 Å². The Labute approximate surface area is 135 Å². The third-order valence-electron chi connectivity index (χ3n) is 3.88. The van der Waals surface area contributed by atoms with Crippen molar-refractivity contribution in [3.05, 3.63) is 85.7 Å². The molecule has 1 nitrogen and oxygen atoms in total. The standard InChI is InChI=1S/C20H24OSi/c1-5-6-17-21-22(20(2,3)4,18-13-9-7-10-14-18)19-15-11-8-12-16-19/h5-17H,1H2,2-4H3. The molecule has 0 unspecified atom stereocenters. The van der Waals surface area contributed by atoms with Crippen LogP contribution in [0.25, 0.3) is 0 Å². The molecule has 0 aromatic heterocycles. The van der Waals surface area contributed by atoms with E-state index in [0.717, 1.165) is 0 Å². The molecule has 0 N–H and O–H groups in total. The van der Waals surface area contributed by atoms with E-state index in [1.165, 1.54) is 10.4 Å². The van der Waals surface area contributed by atoms with Gasteiger partial charge in [0.05, 0.1) is 6.26 Å². The first-order valence-corrected chi connectivity index (χ1v) is 9.49. The van der Waals surface area contributed by atoms with Crippen molar-refractivity contribution in [1.82, 2.24) is 0 Å². The van der Waals surface area contributed by atoms with Gasteiger partial charge in [0.15, 0.2) is 0 Å². The first kappa shape index (κ1) is 16.3. The molecule has 2 rings (SSSR count). The third-order valence-corrected chi connectivity index (χ3v) is 8.77. The van der Waals surface area contributed by atoms with Crippen LogP contribution in [-0.2, 0) is 4.43 Å². The Morgan fingerprint density at radius 2 is 1.32 bits per heavy atom. The topological polar surface area (TPSA) is 9.23 Å². The first-order chi connectivity index (χ1) is 10.5. The average Bonchev–Trinajstić information content (AvgIpc) is 2.52. The van der Waals surface area contributed by atoms with Gasteiger partial charge in [0.25, 0.3) is 0 Å². The van der Waals surface area contributed by atoms with E-state index >= 15 is 0 Å². The summed E-state index contributed by atoms with van der Waals surface area (Å²) in [7, 11) is -2.42. The Hall–Kier alpha value is -2.06. The van der Waals surface area contributed by atoms with Gasteiger partial charge in [0, 0.05) is 0 Å². The van der Waals surface area contributed by atoms with E-state index in [-0.39, 0.29) is 5.04 Å². The predicted molar refractivity (Wildman–Crippen MR) is 98.0 cm³/mol. The SMILES string of the molecule is C=CC=CO[Si](c1ccccc1)(c1ccccc1)C(C)(C)C. The van der Waals surface area contributed by atoms with E-state index in [2.05, 4.69) is 88.0 Å². The summed E-state index contributed by atoms with van der Waals surface area (Å²) in [5, 5.41) is 2.56. The molecule has 0 fully saturated rings. The molecule has 0 aliphatic heterocycles. The average molecular weight is 308 g/mol. The molecule has 0 spiro atoms. The molecule has 0 aliphatic rings. The minimum atomic E-state index is -2.42. The van der Waals surface area contributed by atoms with Gasteiger partial charge in [-0.2, -0.15) is 0 Å². The number of benzene rings is 2. The zero-order valence-electron chi connectivity index (χ0n) is 13.6. The highest BCUT2D eigenvalue weighted by Crippen LogP contribution is 2.36. The van der Waals surface area contributed by atoms with Crippen molar-refractivity contribution in [3.8, 4) is 0 Å². The molecular weight excluding hydrogens is 284 g/mol. The molecule has 0 amide bonds. The minimum absolute atomic E-state index is 0.00121. The lowest BCUT2D eigenvalue weighted by molar-refractivity contribution is 0.445. The van der Waals surface area contributed by atoms with E-state index < -0.39 is 8.32 Å². The Balaban J connectivity index is 2.69. The molecule has 0 saturated heterocycles. The maximum absolute atomic E-state index is 6.49. The van der Waals surface area contributed by atoms with Crippen molar-refractivity contribution in [3.63, 3.8) is 0 Å². The van der Waals surface area contributed by atoms with Crippen molar-refractivity contribution in [2.24, 2.45) is 0 Å². The molecule has 0 atom stereocenters. The summed E-state index contributed by atoms with van der Waals surface area (Å²) < 4.78 is 6.49. The molecular formula is C20H24OSi. The molecule has 0 heterocycles. The number of hydrogen-bond acceptors (Lipinski definition) is 1. The molecule has 114 valence electrons. The van der Waals surface area contributed by atoms with Crippen molar-refractivity contribution < 1.29 is 4.43 Å². The Bertz CT molecular complexity index is 584. The Morgan fingerprint density at radius 1 is 0.864 bits per heavy atom. The van der Waals surface area contributed by atoms with Crippen molar-refractivity contribution >= 4 is 18.7 Å². The molecule has 2 aromatic rings. The summed E-state index contributed by atoms with van der Waals surface area (Å²) in [6.45, 7) is 10.5. The molecule has 22 heavy (non-hydrogen) atoms. The fraction of sp³-hybridized carbons (Fsp3) is 0.200. The monoisotopic (exact) mass is 308 g/mol. The van der Waals surface area contributed by atoms with Gasteiger partial charge in [-0.05, 0) is 21.5 Å². The second-order valence-corrected chi connectivity index (χ2v) is 10.6. The van der Waals surface area contributed by atoms with Crippen LogP contribution in [0.5, 0.6) is 0 Å². The summed E-state index contributed by atoms with van der Waals surface area (Å²) in [6.07, 6.45) is 5.40. The summed E-state index contributed by atoms with van der Waals surface area (Å²) >= 11 is 0. The van der Waals surface area contributed by atoms with Crippen LogP contribution in [0, 0.1) is 0 Å². The summed E-state index contributed by atoms with van der Waals surface area (Å²) in [4.78, 5) is 0. The van der Waals surface area contributed by atoms with Crippen LogP contribution in [0.3, 0.4) is 0 Å². The predicted octanol–water partition coefficient (Wildman–Crippen LogP) is 4.26. The fourth-order valence-electron chi connectivity index (χ4n) is 2.89. The number of hydrogen-bond donors (Lipinski definition) is 0. The maximum atomic E-state index is 6.49. The molecule has 0 aliphatic carbocycles. The van der Waals surface area contributed by atoms with E-state index in [1.807, 2.05) is 6.08 Å². The highest BCUT2D eigenvalue weighted by atomic mass is 28.4. The largest absolute Gasteiger partial charge is 0.540 e. The van der Waals surface area contributed by atoms with Crippen molar-refractivity contribution in [1.29, 1.82) is 0 Å². The second-order valence-electron chi connectivity index (χ2n) is 6.35. The van der Waals surface area contributed by atoms with Crippen LogP contribution in [0.1, 0.15) is 20.8 Å². The summed E-state index contributed by atoms with van der Waals surface area (Å²) in [5.41, 5.74) is 0. The summed E-state index contributed by atoms with van der Waals surface area (Å²) in [5.74, 6) is 0. The first-order valence-electron chi connectivity index (χ1n) is 7.59. The van der Waals surface area contributed by atoms with Crippen LogP contribution >= 0.6 is 0 Å². The lowest BCUT2D eigenvalue weighted by atomic mass is 10.2. The molecule has 0 bridgehead atoms. The molecule has 0 saturated carbocycles. The Kier molecular flexibility index (Phi) is 5.04. The maximum Gasteiger partial charge on any atom is 0.319 e. The molecule has 0 radical (unpaired) electrons. The van der Waals surface area contributed by atoms with Crippen LogP contribution < -0.4 is 10.4 Å². The van der Waals surface area contributed by atoms with Gasteiger partial charge in [-0.25, -0.2) is 0 Å². The normalized spacial score (nSPS) is 12.3. The third kappa shape index (κ3) is 3.07. The van der Waals surface area contributed by atoms with Crippen LogP contribution in [0.15, 0.2) is 85.7 Å². The van der Waals surface area contributed by atoms with Crippen LogP contribution in [-0.4, -0.2) is 8.32 Å². The van der Waals surface area contributed by atoms with E-state index in [1.54, 1.807) is 12.3 Å². The van der Waals surface area contributed by atoms with Crippen molar-refractivity contribution in [2.75, 3.05) is 0 Å². The van der Waals surface area contributed by atoms with Crippen molar-refractivity contribution in [2.45, 2.75) is 25.8 Å². The molecule has 2 heteroatoms. The van der Waals surface area contributed by atoms with Gasteiger partial charge in [0.2, 0.25) is 0 Å². The minimum Gasteiger partial charge on any atom is -0.540 e. The highest BCUT2D eigenvalue weighted by molar-refractivity contribution is 6.99. The lowest BCUT2D eigenvalue weighted by Crippen LogP contribution is -2.65. The lowest BCUT2D eigenvalue weighted by Gasteiger charge is -2.41. The fourth-order valence-corrected chi connectivity index (χ4v) is 7.19. The zero-order valence-corrected chi connectivity index (χ0v) is 14.6. The highest BCUT2D eigenvalue weighted by Gasteiger charge is 2.51. The van der Waals surface area contributed by atoms with Gasteiger partial charge >= 0.3 is 8.32 Å². The quantitative estimate of drug-likeness (QED) is 0.455. The smallest absolute Gasteiger partial charge is 0.319 e. The number of allylic oxidation sites excluding steroid dienone is 2. The number of rotatable bonds is 5. The van der Waals surface area contributed by atoms with Crippen LogP contribution in [0.2, 0.25) is 5.04 Å². The van der Waals surface area contributed by atoms with E-state index in [4.69, 9.17) is 4.43 Å². The second kappa shape index (κ2) is 6.80. The summed E-state index contributed by atoms with van der Waals surface area (Å²) in [6, 6.07) is 21.2.